The van der Waals surface area contributed by atoms with Crippen LogP contribution >= 0.6 is 0 Å². The van der Waals surface area contributed by atoms with Crippen molar-refractivity contribution in [3.05, 3.63) is 48.3 Å². The normalized spacial score (nSPS) is 23.6. The zero-order chi connectivity index (χ0) is 14.9. The Kier molecular flexibility index (Phi) is 3.47. The van der Waals surface area contributed by atoms with E-state index in [1.165, 1.54) is 12.0 Å². The highest BCUT2D eigenvalue weighted by Gasteiger charge is 2.32. The van der Waals surface area contributed by atoms with Crippen molar-refractivity contribution in [1.82, 2.24) is 10.3 Å². The van der Waals surface area contributed by atoms with Gasteiger partial charge in [0.15, 0.2) is 0 Å². The van der Waals surface area contributed by atoms with Gasteiger partial charge in [0.25, 0.3) is 0 Å². The van der Waals surface area contributed by atoms with Gasteiger partial charge in [-0.25, -0.2) is 0 Å². The first kappa shape index (κ1) is 13.6. The molecule has 3 heterocycles. The van der Waals surface area contributed by atoms with Crippen molar-refractivity contribution >= 4 is 5.69 Å². The van der Waals surface area contributed by atoms with E-state index in [1.54, 1.807) is 6.20 Å². The Balaban J connectivity index is 1.51. The summed E-state index contributed by atoms with van der Waals surface area (Å²) in [7, 11) is 0. The Hall–Kier alpha value is -2.07. The molecular formula is C18H21N3O. The average Bonchev–Trinajstić information content (AvgIpc) is 2.88. The van der Waals surface area contributed by atoms with Crippen LogP contribution in [0.25, 0.3) is 0 Å². The van der Waals surface area contributed by atoms with Gasteiger partial charge in [-0.05, 0) is 31.4 Å². The molecule has 1 aromatic carbocycles. The molecule has 2 aliphatic heterocycles. The van der Waals surface area contributed by atoms with Crippen LogP contribution in [0.4, 0.5) is 5.69 Å². The zero-order valence-electron chi connectivity index (χ0n) is 12.8. The summed E-state index contributed by atoms with van der Waals surface area (Å²) in [5.74, 6) is 2.41. The van der Waals surface area contributed by atoms with E-state index in [0.717, 1.165) is 42.7 Å². The molecule has 0 aliphatic carbocycles. The van der Waals surface area contributed by atoms with E-state index in [9.17, 15) is 0 Å². The highest BCUT2D eigenvalue weighted by atomic mass is 16.5. The number of pyridine rings is 1. The number of benzene rings is 1. The third-order valence-corrected chi connectivity index (χ3v) is 4.55. The van der Waals surface area contributed by atoms with Crippen LogP contribution in [0.15, 0.2) is 42.7 Å². The van der Waals surface area contributed by atoms with Crippen molar-refractivity contribution in [2.45, 2.75) is 19.4 Å². The van der Waals surface area contributed by atoms with Crippen LogP contribution in [0.3, 0.4) is 0 Å². The largest absolute Gasteiger partial charge is 0.456 e. The van der Waals surface area contributed by atoms with Gasteiger partial charge < -0.3 is 15.0 Å². The van der Waals surface area contributed by atoms with Crippen LogP contribution in [0.5, 0.6) is 11.5 Å². The second-order valence-electron chi connectivity index (χ2n) is 6.41. The predicted octanol–water partition coefficient (Wildman–Crippen LogP) is 2.98. The third kappa shape index (κ3) is 2.79. The lowest BCUT2D eigenvalue weighted by Gasteiger charge is -2.32. The van der Waals surface area contributed by atoms with E-state index in [4.69, 9.17) is 4.74 Å². The number of aromatic nitrogens is 1. The van der Waals surface area contributed by atoms with E-state index in [-0.39, 0.29) is 0 Å². The van der Waals surface area contributed by atoms with Gasteiger partial charge in [0, 0.05) is 31.7 Å². The minimum atomic E-state index is 0.625. The Morgan fingerprint density at radius 3 is 2.82 bits per heavy atom. The molecule has 2 atom stereocenters. The van der Waals surface area contributed by atoms with Crippen LogP contribution in [0.2, 0.25) is 0 Å². The highest BCUT2D eigenvalue weighted by molar-refractivity contribution is 5.50. The molecule has 0 radical (unpaired) electrons. The fourth-order valence-corrected chi connectivity index (χ4v) is 3.42. The van der Waals surface area contributed by atoms with Gasteiger partial charge in [-0.1, -0.05) is 17.7 Å². The van der Waals surface area contributed by atoms with Crippen molar-refractivity contribution in [2.24, 2.45) is 5.92 Å². The minimum absolute atomic E-state index is 0.625. The molecule has 2 bridgehead atoms. The number of piperidine rings is 1. The lowest BCUT2D eigenvalue weighted by molar-refractivity contribution is 0.468. The van der Waals surface area contributed by atoms with Crippen LogP contribution in [-0.2, 0) is 0 Å². The molecule has 2 aromatic rings. The summed E-state index contributed by atoms with van der Waals surface area (Å²) in [6.45, 7) is 5.39. The zero-order valence-corrected chi connectivity index (χ0v) is 12.8. The van der Waals surface area contributed by atoms with Crippen molar-refractivity contribution in [3.63, 3.8) is 0 Å². The molecule has 2 fully saturated rings. The Labute approximate surface area is 131 Å². The molecule has 2 saturated heterocycles. The monoisotopic (exact) mass is 295 g/mol. The number of hydrogen-bond donors (Lipinski definition) is 1. The van der Waals surface area contributed by atoms with E-state index in [2.05, 4.69) is 40.3 Å². The molecule has 0 amide bonds. The Bertz CT molecular complexity index is 644. The predicted molar refractivity (Wildman–Crippen MR) is 87.6 cm³/mol. The third-order valence-electron chi connectivity index (χ3n) is 4.55. The molecule has 0 spiro atoms. The number of anilines is 1. The molecule has 4 heteroatoms. The Morgan fingerprint density at radius 1 is 1.14 bits per heavy atom. The lowest BCUT2D eigenvalue weighted by atomic mass is 10.00. The first-order valence-electron chi connectivity index (χ1n) is 7.94. The highest BCUT2D eigenvalue weighted by Crippen LogP contribution is 2.29. The number of fused-ring (bicyclic) bond motifs is 2. The fraction of sp³-hybridized carbons (Fsp3) is 0.389. The summed E-state index contributed by atoms with van der Waals surface area (Å²) in [5, 5.41) is 3.58. The molecule has 2 aliphatic rings. The fourth-order valence-electron chi connectivity index (χ4n) is 3.42. The number of nitrogens with one attached hydrogen (secondary N) is 1. The van der Waals surface area contributed by atoms with E-state index in [1.807, 2.05) is 18.3 Å². The Morgan fingerprint density at radius 2 is 2.00 bits per heavy atom. The maximum Gasteiger partial charge on any atom is 0.147 e. The van der Waals surface area contributed by atoms with Crippen LogP contribution in [0.1, 0.15) is 12.0 Å². The smallest absolute Gasteiger partial charge is 0.147 e. The topological polar surface area (TPSA) is 37.4 Å². The SMILES string of the molecule is Cc1ccc(Oc2cncc(N3CC4CNC(C4)C3)c2)cc1. The number of aryl methyl sites for hydroxylation is 1. The first-order chi connectivity index (χ1) is 10.8. The van der Waals surface area contributed by atoms with E-state index in [0.29, 0.717) is 6.04 Å². The first-order valence-corrected chi connectivity index (χ1v) is 7.94. The number of ether oxygens (including phenoxy) is 1. The second-order valence-corrected chi connectivity index (χ2v) is 6.41. The molecule has 4 rings (SSSR count). The molecular weight excluding hydrogens is 274 g/mol. The average molecular weight is 295 g/mol. The molecule has 22 heavy (non-hydrogen) atoms. The van der Waals surface area contributed by atoms with E-state index >= 15 is 0 Å². The molecule has 114 valence electrons. The number of hydrogen-bond acceptors (Lipinski definition) is 4. The molecule has 4 nitrogen and oxygen atoms in total. The number of nitrogens with zero attached hydrogens (tertiary/aromatic N) is 2. The van der Waals surface area contributed by atoms with Crippen LogP contribution in [0, 0.1) is 12.8 Å². The summed E-state index contributed by atoms with van der Waals surface area (Å²) in [5.41, 5.74) is 2.39. The molecule has 2 unspecified atom stereocenters. The van der Waals surface area contributed by atoms with Gasteiger partial charge in [0.2, 0.25) is 0 Å². The van der Waals surface area contributed by atoms with Gasteiger partial charge >= 0.3 is 0 Å². The summed E-state index contributed by atoms with van der Waals surface area (Å²) in [4.78, 5) is 6.78. The van der Waals surface area contributed by atoms with Crippen molar-refractivity contribution in [2.75, 3.05) is 24.5 Å². The summed E-state index contributed by atoms with van der Waals surface area (Å²) < 4.78 is 5.93. The van der Waals surface area contributed by atoms with Gasteiger partial charge in [-0.15, -0.1) is 0 Å². The molecule has 1 aromatic heterocycles. The summed E-state index contributed by atoms with van der Waals surface area (Å²) >= 11 is 0. The molecule has 1 N–H and O–H groups in total. The van der Waals surface area contributed by atoms with Gasteiger partial charge in [-0.3, -0.25) is 4.98 Å². The maximum absolute atomic E-state index is 5.93. The second kappa shape index (κ2) is 5.61. The summed E-state index contributed by atoms with van der Waals surface area (Å²) in [6, 6.07) is 10.8. The van der Waals surface area contributed by atoms with Crippen molar-refractivity contribution in [3.8, 4) is 11.5 Å². The lowest BCUT2D eigenvalue weighted by Crippen LogP contribution is -2.41. The molecule has 0 saturated carbocycles. The van der Waals surface area contributed by atoms with E-state index < -0.39 is 0 Å². The summed E-state index contributed by atoms with van der Waals surface area (Å²) in [6.07, 6.45) is 5.02. The number of rotatable bonds is 3. The van der Waals surface area contributed by atoms with Crippen LogP contribution in [-0.4, -0.2) is 30.7 Å². The van der Waals surface area contributed by atoms with Crippen molar-refractivity contribution < 1.29 is 4.74 Å². The standard InChI is InChI=1S/C18H21N3O/c1-13-2-4-17(5-3-13)22-18-7-16(9-19-10-18)21-11-14-6-15(12-21)20-8-14/h2-5,7,9-10,14-15,20H,6,8,11-12H2,1H3. The quantitative estimate of drug-likeness (QED) is 0.944. The van der Waals surface area contributed by atoms with Crippen LogP contribution < -0.4 is 15.0 Å². The van der Waals surface area contributed by atoms with Crippen molar-refractivity contribution in [1.29, 1.82) is 0 Å². The van der Waals surface area contributed by atoms with Gasteiger partial charge in [0.05, 0.1) is 18.1 Å². The van der Waals surface area contributed by atoms with Gasteiger partial charge in [0.1, 0.15) is 11.5 Å². The minimum Gasteiger partial charge on any atom is -0.456 e. The maximum atomic E-state index is 5.93. The van der Waals surface area contributed by atoms with Gasteiger partial charge in [-0.2, -0.15) is 0 Å².